The molecule has 6 heteroatoms. The highest BCUT2D eigenvalue weighted by Crippen LogP contribution is 2.24. The van der Waals surface area contributed by atoms with Crippen LogP contribution in [0.4, 0.5) is 5.69 Å². The molecule has 1 aromatic carbocycles. The first-order valence-electron chi connectivity index (χ1n) is 6.42. The molecule has 1 aromatic rings. The van der Waals surface area contributed by atoms with Crippen molar-refractivity contribution in [1.29, 1.82) is 0 Å². The molecule has 0 bridgehead atoms. The number of methoxy groups -OCH3 is 1. The summed E-state index contributed by atoms with van der Waals surface area (Å²) >= 11 is 5.92. The molecule has 0 radical (unpaired) electrons. The predicted octanol–water partition coefficient (Wildman–Crippen LogP) is 1.92. The van der Waals surface area contributed by atoms with Gasteiger partial charge in [0.2, 0.25) is 5.91 Å². The van der Waals surface area contributed by atoms with Crippen LogP contribution in [-0.2, 0) is 9.53 Å². The van der Waals surface area contributed by atoms with Crippen molar-refractivity contribution in [1.82, 2.24) is 5.32 Å². The number of ether oxygens (including phenoxy) is 1. The fourth-order valence-electron chi connectivity index (χ4n) is 2.29. The van der Waals surface area contributed by atoms with Gasteiger partial charge in [-0.1, -0.05) is 18.5 Å². The zero-order chi connectivity index (χ0) is 14.7. The van der Waals surface area contributed by atoms with Crippen LogP contribution in [-0.4, -0.2) is 32.1 Å². The maximum atomic E-state index is 12.3. The second-order valence-corrected chi connectivity index (χ2v) is 5.35. The molecule has 0 aromatic heterocycles. The summed E-state index contributed by atoms with van der Waals surface area (Å²) in [7, 11) is 1.30. The van der Waals surface area contributed by atoms with Gasteiger partial charge in [-0.05, 0) is 30.7 Å². The summed E-state index contributed by atoms with van der Waals surface area (Å²) in [6, 6.07) is 4.68. The summed E-state index contributed by atoms with van der Waals surface area (Å²) < 4.78 is 4.70. The summed E-state index contributed by atoms with van der Waals surface area (Å²) in [5, 5.41) is 6.39. The van der Waals surface area contributed by atoms with Crippen LogP contribution in [0.15, 0.2) is 18.2 Å². The topological polar surface area (TPSA) is 67.4 Å². The summed E-state index contributed by atoms with van der Waals surface area (Å²) in [4.78, 5) is 23.9. The third kappa shape index (κ3) is 3.11. The zero-order valence-electron chi connectivity index (χ0n) is 11.4. The first kappa shape index (κ1) is 14.8. The van der Waals surface area contributed by atoms with E-state index in [4.69, 9.17) is 16.3 Å². The summed E-state index contributed by atoms with van der Waals surface area (Å²) in [5.41, 5.74) is 0.678. The fourth-order valence-corrected chi connectivity index (χ4v) is 2.47. The lowest BCUT2D eigenvalue weighted by molar-refractivity contribution is -0.120. The van der Waals surface area contributed by atoms with Gasteiger partial charge in [-0.3, -0.25) is 4.79 Å². The first-order chi connectivity index (χ1) is 9.52. The normalized spacial score (nSPS) is 21.6. The average molecular weight is 297 g/mol. The number of carbonyl (C=O) groups excluding carboxylic acids is 2. The molecule has 20 heavy (non-hydrogen) atoms. The van der Waals surface area contributed by atoms with Crippen LogP contribution in [0, 0.1) is 11.8 Å². The number of esters is 1. The minimum atomic E-state index is -0.505. The van der Waals surface area contributed by atoms with Crippen molar-refractivity contribution in [3.05, 3.63) is 28.8 Å². The van der Waals surface area contributed by atoms with E-state index >= 15 is 0 Å². The van der Waals surface area contributed by atoms with Crippen LogP contribution in [0.25, 0.3) is 0 Å². The van der Waals surface area contributed by atoms with E-state index in [1.54, 1.807) is 18.2 Å². The maximum Gasteiger partial charge on any atom is 0.339 e. The Hall–Kier alpha value is -1.59. The smallest absolute Gasteiger partial charge is 0.339 e. The number of anilines is 1. The summed E-state index contributed by atoms with van der Waals surface area (Å²) in [6.45, 7) is 3.47. The molecule has 2 N–H and O–H groups in total. The number of halogens is 1. The third-order valence-electron chi connectivity index (χ3n) is 3.50. The van der Waals surface area contributed by atoms with Crippen molar-refractivity contribution in [2.45, 2.75) is 6.92 Å². The lowest BCUT2D eigenvalue weighted by Crippen LogP contribution is -2.28. The zero-order valence-corrected chi connectivity index (χ0v) is 12.2. The number of hydrogen-bond donors (Lipinski definition) is 2. The van der Waals surface area contributed by atoms with E-state index in [0.717, 1.165) is 6.54 Å². The van der Waals surface area contributed by atoms with Crippen molar-refractivity contribution in [2.75, 3.05) is 25.5 Å². The number of nitrogens with one attached hydrogen (secondary N) is 2. The molecule has 0 aliphatic carbocycles. The Morgan fingerprint density at radius 3 is 2.75 bits per heavy atom. The van der Waals surface area contributed by atoms with E-state index in [2.05, 4.69) is 10.6 Å². The third-order valence-corrected chi connectivity index (χ3v) is 3.73. The molecule has 2 unspecified atom stereocenters. The van der Waals surface area contributed by atoms with Crippen LogP contribution >= 0.6 is 11.6 Å². The molecule has 1 heterocycles. The van der Waals surface area contributed by atoms with Gasteiger partial charge >= 0.3 is 5.97 Å². The molecule has 0 spiro atoms. The molecular weight excluding hydrogens is 280 g/mol. The van der Waals surface area contributed by atoms with Crippen LogP contribution in [0.1, 0.15) is 17.3 Å². The van der Waals surface area contributed by atoms with Gasteiger partial charge in [0.1, 0.15) is 0 Å². The minimum Gasteiger partial charge on any atom is -0.465 e. The van der Waals surface area contributed by atoms with Crippen molar-refractivity contribution in [3.63, 3.8) is 0 Å². The van der Waals surface area contributed by atoms with E-state index in [9.17, 15) is 9.59 Å². The van der Waals surface area contributed by atoms with Crippen molar-refractivity contribution < 1.29 is 14.3 Å². The van der Waals surface area contributed by atoms with Crippen LogP contribution in [0.3, 0.4) is 0 Å². The summed E-state index contributed by atoms with van der Waals surface area (Å²) in [6.07, 6.45) is 0. The molecule has 2 rings (SSSR count). The monoisotopic (exact) mass is 296 g/mol. The molecule has 108 valence electrons. The van der Waals surface area contributed by atoms with E-state index in [1.807, 2.05) is 6.92 Å². The molecule has 1 aliphatic rings. The second kappa shape index (κ2) is 6.24. The Kier molecular flexibility index (Phi) is 4.62. The van der Waals surface area contributed by atoms with E-state index in [-0.39, 0.29) is 17.7 Å². The SMILES string of the molecule is COC(=O)c1ccc(Cl)cc1NC(=O)C1CNCC1C. The van der Waals surface area contributed by atoms with Crippen LogP contribution in [0.2, 0.25) is 5.02 Å². The van der Waals surface area contributed by atoms with Crippen molar-refractivity contribution in [2.24, 2.45) is 11.8 Å². The fraction of sp³-hybridized carbons (Fsp3) is 0.429. The molecule has 2 atom stereocenters. The molecular formula is C14H17ClN2O3. The molecule has 1 fully saturated rings. The Balaban J connectivity index is 2.21. The van der Waals surface area contributed by atoms with E-state index < -0.39 is 5.97 Å². The van der Waals surface area contributed by atoms with Gasteiger partial charge in [-0.2, -0.15) is 0 Å². The number of amides is 1. The number of benzene rings is 1. The van der Waals surface area contributed by atoms with Gasteiger partial charge in [0.05, 0.1) is 24.3 Å². The first-order valence-corrected chi connectivity index (χ1v) is 6.80. The Morgan fingerprint density at radius 2 is 2.15 bits per heavy atom. The molecule has 5 nitrogen and oxygen atoms in total. The van der Waals surface area contributed by atoms with Gasteiger partial charge in [0, 0.05) is 11.6 Å². The minimum absolute atomic E-state index is 0.112. The predicted molar refractivity (Wildman–Crippen MR) is 76.9 cm³/mol. The van der Waals surface area contributed by atoms with E-state index in [0.29, 0.717) is 22.8 Å². The van der Waals surface area contributed by atoms with Gasteiger partial charge in [0.25, 0.3) is 0 Å². The van der Waals surface area contributed by atoms with Gasteiger partial charge < -0.3 is 15.4 Å². The van der Waals surface area contributed by atoms with Crippen molar-refractivity contribution >= 4 is 29.2 Å². The lowest BCUT2D eigenvalue weighted by Gasteiger charge is -2.16. The largest absolute Gasteiger partial charge is 0.465 e. The van der Waals surface area contributed by atoms with Gasteiger partial charge in [0.15, 0.2) is 0 Å². The molecule has 1 aliphatic heterocycles. The van der Waals surface area contributed by atoms with Crippen LogP contribution in [0.5, 0.6) is 0 Å². The highest BCUT2D eigenvalue weighted by molar-refractivity contribution is 6.31. The standard InChI is InChI=1S/C14H17ClN2O3/c1-8-6-16-7-11(8)13(18)17-12-5-9(15)3-4-10(12)14(19)20-2/h3-5,8,11,16H,6-7H2,1-2H3,(H,17,18). The molecule has 1 saturated heterocycles. The van der Waals surface area contributed by atoms with Crippen molar-refractivity contribution in [3.8, 4) is 0 Å². The Bertz CT molecular complexity index is 533. The Labute approximate surface area is 122 Å². The Morgan fingerprint density at radius 1 is 1.40 bits per heavy atom. The number of rotatable bonds is 3. The highest BCUT2D eigenvalue weighted by atomic mass is 35.5. The van der Waals surface area contributed by atoms with E-state index in [1.165, 1.54) is 7.11 Å². The van der Waals surface area contributed by atoms with Gasteiger partial charge in [-0.25, -0.2) is 4.79 Å². The lowest BCUT2D eigenvalue weighted by atomic mass is 9.97. The quantitative estimate of drug-likeness (QED) is 0.836. The maximum absolute atomic E-state index is 12.3. The number of carbonyl (C=O) groups is 2. The molecule has 1 amide bonds. The average Bonchev–Trinajstić information content (AvgIpc) is 2.84. The molecule has 0 saturated carbocycles. The van der Waals surface area contributed by atoms with Gasteiger partial charge in [-0.15, -0.1) is 0 Å². The second-order valence-electron chi connectivity index (χ2n) is 4.91. The summed E-state index contributed by atoms with van der Waals surface area (Å²) in [5.74, 6) is -0.472. The number of hydrogen-bond acceptors (Lipinski definition) is 4. The van der Waals surface area contributed by atoms with Crippen LogP contribution < -0.4 is 10.6 Å². The highest BCUT2D eigenvalue weighted by Gasteiger charge is 2.30.